The molecule has 2 unspecified atom stereocenters. The molecular weight excluding hydrogens is 348 g/mol. The van der Waals surface area contributed by atoms with Crippen LogP contribution in [0.3, 0.4) is 0 Å². The Balaban J connectivity index is 2.23. The second-order valence-electron chi connectivity index (χ2n) is 8.80. The standard InChI is InChI=1S/C20H28N2O3S/c1-10(2)16-21-17-15(18(23)22(16)11(3)19(24)25)13-8-7-12(20(4,5)6)9-14(13)26-17/h10-12H,7-9H2,1-6H3,(H,24,25). The molecule has 0 radical (unpaired) electrons. The molecule has 6 heteroatoms. The first-order valence-corrected chi connectivity index (χ1v) is 10.1. The van der Waals surface area contributed by atoms with Gasteiger partial charge >= 0.3 is 5.97 Å². The predicted octanol–water partition coefficient (Wildman–Crippen LogP) is 4.38. The second kappa shape index (κ2) is 6.48. The number of carbonyl (C=O) groups is 1. The van der Waals surface area contributed by atoms with Crippen molar-refractivity contribution in [1.29, 1.82) is 0 Å². The normalized spacial score (nSPS) is 19.0. The van der Waals surface area contributed by atoms with Gasteiger partial charge in [-0.05, 0) is 43.1 Å². The third kappa shape index (κ3) is 3.08. The summed E-state index contributed by atoms with van der Waals surface area (Å²) in [7, 11) is 0. The Bertz CT molecular complexity index is 918. The van der Waals surface area contributed by atoms with E-state index in [-0.39, 0.29) is 16.9 Å². The fraction of sp³-hybridized carbons (Fsp3) is 0.650. The van der Waals surface area contributed by atoms with Gasteiger partial charge in [0.25, 0.3) is 5.56 Å². The Morgan fingerprint density at radius 2 is 1.96 bits per heavy atom. The van der Waals surface area contributed by atoms with E-state index in [1.54, 1.807) is 18.3 Å². The molecule has 0 saturated heterocycles. The first kappa shape index (κ1) is 19.1. The Kier molecular flexibility index (Phi) is 4.76. The minimum absolute atomic E-state index is 0.0182. The molecule has 0 fully saturated rings. The molecule has 2 atom stereocenters. The number of aliphatic carboxylic acids is 1. The van der Waals surface area contributed by atoms with Gasteiger partial charge in [0, 0.05) is 10.8 Å². The van der Waals surface area contributed by atoms with Crippen molar-refractivity contribution < 1.29 is 9.90 Å². The van der Waals surface area contributed by atoms with E-state index in [2.05, 4.69) is 20.8 Å². The van der Waals surface area contributed by atoms with Gasteiger partial charge in [-0.1, -0.05) is 34.6 Å². The van der Waals surface area contributed by atoms with Crippen molar-refractivity contribution in [2.75, 3.05) is 0 Å². The highest BCUT2D eigenvalue weighted by Crippen LogP contribution is 2.42. The topological polar surface area (TPSA) is 72.2 Å². The van der Waals surface area contributed by atoms with Crippen LogP contribution in [0, 0.1) is 11.3 Å². The molecule has 26 heavy (non-hydrogen) atoms. The maximum atomic E-state index is 13.3. The molecular formula is C20H28N2O3S. The summed E-state index contributed by atoms with van der Waals surface area (Å²) in [5.41, 5.74) is 1.15. The van der Waals surface area contributed by atoms with Crippen LogP contribution >= 0.6 is 11.3 Å². The number of hydrogen-bond acceptors (Lipinski definition) is 4. The van der Waals surface area contributed by atoms with Crippen LogP contribution in [0.15, 0.2) is 4.79 Å². The van der Waals surface area contributed by atoms with Gasteiger partial charge in [-0.3, -0.25) is 9.36 Å². The Morgan fingerprint density at radius 3 is 2.50 bits per heavy atom. The van der Waals surface area contributed by atoms with E-state index >= 15 is 0 Å². The van der Waals surface area contributed by atoms with Crippen LogP contribution in [-0.4, -0.2) is 20.6 Å². The van der Waals surface area contributed by atoms with Crippen LogP contribution in [-0.2, 0) is 17.6 Å². The zero-order chi connectivity index (χ0) is 19.4. The zero-order valence-electron chi connectivity index (χ0n) is 16.4. The third-order valence-electron chi connectivity index (χ3n) is 5.63. The second-order valence-corrected chi connectivity index (χ2v) is 9.89. The fourth-order valence-corrected chi connectivity index (χ4v) is 5.18. The summed E-state index contributed by atoms with van der Waals surface area (Å²) < 4.78 is 1.39. The van der Waals surface area contributed by atoms with Gasteiger partial charge in [0.15, 0.2) is 0 Å². The molecule has 2 heterocycles. The SMILES string of the molecule is CC(C)c1nc2sc3c(c2c(=O)n1C(C)C(=O)O)CCC(C(C)(C)C)C3. The van der Waals surface area contributed by atoms with Crippen LogP contribution in [0.5, 0.6) is 0 Å². The number of nitrogens with zero attached hydrogens (tertiary/aromatic N) is 2. The van der Waals surface area contributed by atoms with Crippen LogP contribution in [0.2, 0.25) is 0 Å². The number of aryl methyl sites for hydroxylation is 1. The summed E-state index contributed by atoms with van der Waals surface area (Å²) in [6.45, 7) is 12.3. The molecule has 1 aliphatic rings. The van der Waals surface area contributed by atoms with E-state index < -0.39 is 12.0 Å². The minimum atomic E-state index is -1.01. The van der Waals surface area contributed by atoms with Gasteiger partial charge in [0.2, 0.25) is 0 Å². The highest BCUT2D eigenvalue weighted by Gasteiger charge is 2.33. The van der Waals surface area contributed by atoms with Crippen molar-refractivity contribution in [3.8, 4) is 0 Å². The highest BCUT2D eigenvalue weighted by molar-refractivity contribution is 7.18. The van der Waals surface area contributed by atoms with Crippen LogP contribution in [0.4, 0.5) is 0 Å². The maximum absolute atomic E-state index is 13.3. The lowest BCUT2D eigenvalue weighted by molar-refractivity contribution is -0.140. The van der Waals surface area contributed by atoms with Gasteiger partial charge < -0.3 is 5.11 Å². The maximum Gasteiger partial charge on any atom is 0.326 e. The molecule has 0 spiro atoms. The van der Waals surface area contributed by atoms with Gasteiger partial charge in [-0.2, -0.15) is 0 Å². The first-order valence-electron chi connectivity index (χ1n) is 9.31. The van der Waals surface area contributed by atoms with Gasteiger partial charge in [0.1, 0.15) is 16.7 Å². The lowest BCUT2D eigenvalue weighted by atomic mass is 9.72. The lowest BCUT2D eigenvalue weighted by Gasteiger charge is -2.33. The van der Waals surface area contributed by atoms with Gasteiger partial charge in [0.05, 0.1) is 5.39 Å². The van der Waals surface area contributed by atoms with Crippen molar-refractivity contribution in [1.82, 2.24) is 9.55 Å². The molecule has 0 bridgehead atoms. The van der Waals surface area contributed by atoms with Crippen molar-refractivity contribution in [3.63, 3.8) is 0 Å². The fourth-order valence-electron chi connectivity index (χ4n) is 3.88. The molecule has 2 aromatic heterocycles. The van der Waals surface area contributed by atoms with E-state index in [0.717, 1.165) is 29.7 Å². The number of carboxylic acids is 1. The number of aromatic nitrogens is 2. The Labute approximate surface area is 158 Å². The van der Waals surface area contributed by atoms with Crippen molar-refractivity contribution >= 4 is 27.5 Å². The van der Waals surface area contributed by atoms with E-state index in [9.17, 15) is 14.7 Å². The summed E-state index contributed by atoms with van der Waals surface area (Å²) in [6.07, 6.45) is 2.91. The number of thiophene rings is 1. The molecule has 2 aromatic rings. The Hall–Kier alpha value is -1.69. The molecule has 1 aliphatic carbocycles. The first-order chi connectivity index (χ1) is 12.0. The van der Waals surface area contributed by atoms with Crippen molar-refractivity contribution in [2.45, 2.75) is 72.8 Å². The molecule has 0 aliphatic heterocycles. The van der Waals surface area contributed by atoms with Crippen LogP contribution in [0.1, 0.15) is 76.2 Å². The zero-order valence-corrected chi connectivity index (χ0v) is 17.2. The molecule has 0 saturated carbocycles. The summed E-state index contributed by atoms with van der Waals surface area (Å²) in [4.78, 5) is 31.6. The van der Waals surface area contributed by atoms with E-state index in [0.29, 0.717) is 17.1 Å². The summed E-state index contributed by atoms with van der Waals surface area (Å²) >= 11 is 1.62. The van der Waals surface area contributed by atoms with Gasteiger partial charge in [-0.25, -0.2) is 9.78 Å². The molecule has 1 N–H and O–H groups in total. The number of carboxylic acid groups (broad SMARTS) is 1. The smallest absolute Gasteiger partial charge is 0.326 e. The highest BCUT2D eigenvalue weighted by atomic mass is 32.1. The number of fused-ring (bicyclic) bond motifs is 3. The lowest BCUT2D eigenvalue weighted by Crippen LogP contribution is -2.33. The summed E-state index contributed by atoms with van der Waals surface area (Å²) in [6, 6.07) is -0.918. The van der Waals surface area contributed by atoms with Gasteiger partial charge in [-0.15, -0.1) is 11.3 Å². The summed E-state index contributed by atoms with van der Waals surface area (Å²) in [5.74, 6) is 0.124. The largest absolute Gasteiger partial charge is 0.480 e. The van der Waals surface area contributed by atoms with Crippen LogP contribution in [0.25, 0.3) is 10.2 Å². The van der Waals surface area contributed by atoms with Crippen molar-refractivity contribution in [2.24, 2.45) is 11.3 Å². The molecule has 142 valence electrons. The van der Waals surface area contributed by atoms with E-state index in [4.69, 9.17) is 4.98 Å². The Morgan fingerprint density at radius 1 is 1.31 bits per heavy atom. The number of hydrogen-bond donors (Lipinski definition) is 1. The molecule has 3 rings (SSSR count). The predicted molar refractivity (Wildman–Crippen MR) is 105 cm³/mol. The average Bonchev–Trinajstić information content (AvgIpc) is 2.90. The average molecular weight is 377 g/mol. The molecule has 0 aromatic carbocycles. The molecule has 0 amide bonds. The third-order valence-corrected chi connectivity index (χ3v) is 6.78. The minimum Gasteiger partial charge on any atom is -0.480 e. The van der Waals surface area contributed by atoms with E-state index in [1.807, 2.05) is 13.8 Å². The van der Waals surface area contributed by atoms with Crippen molar-refractivity contribution in [3.05, 3.63) is 26.6 Å². The monoisotopic (exact) mass is 376 g/mol. The summed E-state index contributed by atoms with van der Waals surface area (Å²) in [5, 5.41) is 10.1. The molecule has 5 nitrogen and oxygen atoms in total. The quantitative estimate of drug-likeness (QED) is 0.863. The van der Waals surface area contributed by atoms with E-state index in [1.165, 1.54) is 9.44 Å². The van der Waals surface area contributed by atoms with Crippen LogP contribution < -0.4 is 5.56 Å². The number of rotatable bonds is 3.